The zero-order valence-corrected chi connectivity index (χ0v) is 12.9. The van der Waals surface area contributed by atoms with Gasteiger partial charge in [-0.05, 0) is 25.7 Å². The SMILES string of the molecule is CCC(C)/N=C(/N)c1cnn([C@H](C)C(C)(C)C)c1N. The van der Waals surface area contributed by atoms with E-state index in [9.17, 15) is 0 Å². The number of aliphatic imine (C=N–C) groups is 1. The molecule has 0 aliphatic heterocycles. The van der Waals surface area contributed by atoms with E-state index in [0.29, 0.717) is 11.7 Å². The van der Waals surface area contributed by atoms with Crippen molar-refractivity contribution in [2.75, 3.05) is 5.73 Å². The van der Waals surface area contributed by atoms with Gasteiger partial charge in [0, 0.05) is 6.04 Å². The smallest absolute Gasteiger partial charge is 0.133 e. The van der Waals surface area contributed by atoms with Crippen LogP contribution < -0.4 is 11.5 Å². The van der Waals surface area contributed by atoms with Crippen molar-refractivity contribution in [1.29, 1.82) is 0 Å². The number of hydrogen-bond acceptors (Lipinski definition) is 3. The number of amidine groups is 1. The minimum Gasteiger partial charge on any atom is -0.383 e. The molecule has 1 aromatic heterocycles. The monoisotopic (exact) mass is 265 g/mol. The summed E-state index contributed by atoms with van der Waals surface area (Å²) < 4.78 is 1.83. The van der Waals surface area contributed by atoms with E-state index in [1.54, 1.807) is 6.20 Å². The van der Waals surface area contributed by atoms with E-state index < -0.39 is 0 Å². The molecule has 1 rings (SSSR count). The van der Waals surface area contributed by atoms with Gasteiger partial charge in [0.25, 0.3) is 0 Å². The van der Waals surface area contributed by atoms with Gasteiger partial charge in [0.15, 0.2) is 0 Å². The Labute approximate surface area is 116 Å². The van der Waals surface area contributed by atoms with Gasteiger partial charge in [0.05, 0.1) is 17.8 Å². The van der Waals surface area contributed by atoms with Crippen LogP contribution in [-0.2, 0) is 0 Å². The van der Waals surface area contributed by atoms with E-state index in [2.05, 4.69) is 44.7 Å². The Balaban J connectivity index is 3.09. The van der Waals surface area contributed by atoms with E-state index in [0.717, 1.165) is 12.0 Å². The van der Waals surface area contributed by atoms with E-state index >= 15 is 0 Å². The summed E-state index contributed by atoms with van der Waals surface area (Å²) >= 11 is 0. The summed E-state index contributed by atoms with van der Waals surface area (Å²) in [4.78, 5) is 4.42. The highest BCUT2D eigenvalue weighted by atomic mass is 15.3. The van der Waals surface area contributed by atoms with Crippen molar-refractivity contribution in [2.45, 2.75) is 60.0 Å². The van der Waals surface area contributed by atoms with Crippen LogP contribution in [0.3, 0.4) is 0 Å². The van der Waals surface area contributed by atoms with Crippen LogP contribution in [0.4, 0.5) is 5.82 Å². The molecule has 1 unspecified atom stereocenters. The molecule has 0 amide bonds. The maximum Gasteiger partial charge on any atom is 0.133 e. The van der Waals surface area contributed by atoms with Crippen molar-refractivity contribution in [3.63, 3.8) is 0 Å². The minimum atomic E-state index is 0.0834. The van der Waals surface area contributed by atoms with Crippen LogP contribution in [-0.4, -0.2) is 21.7 Å². The minimum absolute atomic E-state index is 0.0834. The summed E-state index contributed by atoms with van der Waals surface area (Å²) in [5.41, 5.74) is 13.0. The van der Waals surface area contributed by atoms with E-state index in [4.69, 9.17) is 11.5 Å². The van der Waals surface area contributed by atoms with E-state index in [-0.39, 0.29) is 17.5 Å². The molecule has 0 radical (unpaired) electrons. The maximum absolute atomic E-state index is 6.16. The highest BCUT2D eigenvalue weighted by molar-refractivity contribution is 6.01. The third-order valence-corrected chi connectivity index (χ3v) is 3.68. The van der Waals surface area contributed by atoms with Gasteiger partial charge in [0.2, 0.25) is 0 Å². The van der Waals surface area contributed by atoms with Crippen LogP contribution in [0.2, 0.25) is 0 Å². The normalized spacial score (nSPS) is 16.4. The summed E-state index contributed by atoms with van der Waals surface area (Å²) in [5.74, 6) is 1.06. The van der Waals surface area contributed by atoms with Crippen molar-refractivity contribution in [3.8, 4) is 0 Å². The third-order valence-electron chi connectivity index (χ3n) is 3.68. The lowest BCUT2D eigenvalue weighted by Crippen LogP contribution is -2.24. The summed E-state index contributed by atoms with van der Waals surface area (Å²) in [5, 5.41) is 4.37. The number of aromatic nitrogens is 2. The quantitative estimate of drug-likeness (QED) is 0.648. The number of nitrogens with two attached hydrogens (primary N) is 2. The first-order valence-corrected chi connectivity index (χ1v) is 6.85. The first-order valence-electron chi connectivity index (χ1n) is 6.85. The predicted molar refractivity (Wildman–Crippen MR) is 81.3 cm³/mol. The molecule has 108 valence electrons. The fourth-order valence-corrected chi connectivity index (χ4v) is 1.64. The molecule has 0 aliphatic carbocycles. The largest absolute Gasteiger partial charge is 0.383 e. The number of hydrogen-bond donors (Lipinski definition) is 2. The van der Waals surface area contributed by atoms with Crippen molar-refractivity contribution in [2.24, 2.45) is 16.1 Å². The molecule has 2 atom stereocenters. The fraction of sp³-hybridized carbons (Fsp3) is 0.714. The second-order valence-electron chi connectivity index (χ2n) is 6.20. The first kappa shape index (κ1) is 15.5. The van der Waals surface area contributed by atoms with Gasteiger partial charge >= 0.3 is 0 Å². The van der Waals surface area contributed by atoms with Crippen LogP contribution in [0.5, 0.6) is 0 Å². The summed E-state index contributed by atoms with van der Waals surface area (Å²) in [6.07, 6.45) is 2.66. The Kier molecular flexibility index (Phi) is 4.61. The van der Waals surface area contributed by atoms with Crippen LogP contribution >= 0.6 is 0 Å². The zero-order valence-electron chi connectivity index (χ0n) is 12.9. The summed E-state index contributed by atoms with van der Waals surface area (Å²) in [6, 6.07) is 0.389. The molecule has 5 heteroatoms. The number of nitrogens with zero attached hydrogens (tertiary/aromatic N) is 3. The average Bonchev–Trinajstić information content (AvgIpc) is 2.68. The highest BCUT2D eigenvalue weighted by Crippen LogP contribution is 2.31. The van der Waals surface area contributed by atoms with Crippen LogP contribution in [0, 0.1) is 5.41 Å². The predicted octanol–water partition coefficient (Wildman–Crippen LogP) is 2.58. The van der Waals surface area contributed by atoms with Gasteiger partial charge in [-0.2, -0.15) is 5.10 Å². The van der Waals surface area contributed by atoms with Gasteiger partial charge in [-0.15, -0.1) is 0 Å². The van der Waals surface area contributed by atoms with Crippen LogP contribution in [0.15, 0.2) is 11.2 Å². The van der Waals surface area contributed by atoms with Gasteiger partial charge in [-0.25, -0.2) is 4.68 Å². The van der Waals surface area contributed by atoms with E-state index in [1.807, 2.05) is 11.6 Å². The van der Waals surface area contributed by atoms with E-state index in [1.165, 1.54) is 0 Å². The molecule has 0 aromatic carbocycles. The molecule has 0 fully saturated rings. The fourth-order valence-electron chi connectivity index (χ4n) is 1.64. The van der Waals surface area contributed by atoms with Crippen molar-refractivity contribution in [1.82, 2.24) is 9.78 Å². The number of rotatable bonds is 4. The Morgan fingerprint density at radius 3 is 2.47 bits per heavy atom. The topological polar surface area (TPSA) is 82.2 Å². The van der Waals surface area contributed by atoms with Gasteiger partial charge in [-0.3, -0.25) is 4.99 Å². The molecule has 0 saturated carbocycles. The standard InChI is InChI=1S/C14H27N5/c1-7-9(2)18-12(15)11-8-17-19(13(11)16)10(3)14(4,5)6/h8-10H,7,16H2,1-6H3,(H2,15,18)/t9?,10-/m1/s1. The highest BCUT2D eigenvalue weighted by Gasteiger charge is 2.25. The molecule has 1 heterocycles. The lowest BCUT2D eigenvalue weighted by molar-refractivity contribution is 0.247. The zero-order chi connectivity index (χ0) is 14.8. The lowest BCUT2D eigenvalue weighted by atomic mass is 9.88. The Morgan fingerprint density at radius 2 is 2.00 bits per heavy atom. The molecule has 0 saturated heterocycles. The Hall–Kier alpha value is -1.52. The molecular weight excluding hydrogens is 238 g/mol. The Bertz CT molecular complexity index is 453. The van der Waals surface area contributed by atoms with Crippen molar-refractivity contribution in [3.05, 3.63) is 11.8 Å². The van der Waals surface area contributed by atoms with Gasteiger partial charge < -0.3 is 11.5 Å². The second kappa shape index (κ2) is 5.63. The molecule has 1 aromatic rings. The van der Waals surface area contributed by atoms with Crippen molar-refractivity contribution < 1.29 is 0 Å². The van der Waals surface area contributed by atoms with Gasteiger partial charge in [0.1, 0.15) is 11.7 Å². The first-order chi connectivity index (χ1) is 8.68. The summed E-state index contributed by atoms with van der Waals surface area (Å²) in [6.45, 7) is 12.7. The molecule has 4 N–H and O–H groups in total. The second-order valence-corrected chi connectivity index (χ2v) is 6.20. The average molecular weight is 265 g/mol. The van der Waals surface area contributed by atoms with Crippen molar-refractivity contribution >= 4 is 11.7 Å². The molecular formula is C14H27N5. The third kappa shape index (κ3) is 3.49. The van der Waals surface area contributed by atoms with Crippen LogP contribution in [0.1, 0.15) is 59.6 Å². The molecule has 0 bridgehead atoms. The molecule has 5 nitrogen and oxygen atoms in total. The molecule has 0 spiro atoms. The number of nitrogen functional groups attached to an aromatic ring is 1. The number of anilines is 1. The van der Waals surface area contributed by atoms with Gasteiger partial charge in [-0.1, -0.05) is 27.7 Å². The lowest BCUT2D eigenvalue weighted by Gasteiger charge is -2.28. The summed E-state index contributed by atoms with van der Waals surface area (Å²) in [7, 11) is 0. The maximum atomic E-state index is 6.16. The molecule has 19 heavy (non-hydrogen) atoms. The molecule has 0 aliphatic rings. The Morgan fingerprint density at radius 1 is 1.42 bits per heavy atom. The van der Waals surface area contributed by atoms with Crippen LogP contribution in [0.25, 0.3) is 0 Å².